The zero-order valence-electron chi connectivity index (χ0n) is 15.1. The number of nitrogens with one attached hydrogen (secondary N) is 2. The first-order valence-electron chi connectivity index (χ1n) is 8.69. The van der Waals surface area contributed by atoms with Gasteiger partial charge in [-0.05, 0) is 35.4 Å². The molecule has 0 saturated carbocycles. The highest BCUT2D eigenvalue weighted by Crippen LogP contribution is 2.25. The van der Waals surface area contributed by atoms with Crippen molar-refractivity contribution in [2.24, 2.45) is 0 Å². The van der Waals surface area contributed by atoms with Gasteiger partial charge in [-0.3, -0.25) is 20.1 Å². The Hall–Kier alpha value is -3.25. The topological polar surface area (TPSA) is 76.1 Å². The van der Waals surface area contributed by atoms with Gasteiger partial charge < -0.3 is 10.1 Å². The molecule has 138 valence electrons. The first-order chi connectivity index (χ1) is 13.3. The average molecular weight is 362 g/mol. The van der Waals surface area contributed by atoms with Gasteiger partial charge in [0.25, 0.3) is 0 Å². The summed E-state index contributed by atoms with van der Waals surface area (Å²) in [5, 5.41) is 6.30. The lowest BCUT2D eigenvalue weighted by Crippen LogP contribution is -2.37. The Morgan fingerprint density at radius 1 is 0.963 bits per heavy atom. The molecule has 0 aliphatic carbocycles. The van der Waals surface area contributed by atoms with Gasteiger partial charge in [0.1, 0.15) is 11.8 Å². The molecule has 0 aliphatic heterocycles. The van der Waals surface area contributed by atoms with E-state index in [1.165, 1.54) is 0 Å². The van der Waals surface area contributed by atoms with E-state index in [1.807, 2.05) is 48.5 Å². The molecule has 3 aromatic rings. The third-order valence-electron chi connectivity index (χ3n) is 4.16. The van der Waals surface area contributed by atoms with Gasteiger partial charge in [-0.2, -0.15) is 0 Å². The van der Waals surface area contributed by atoms with E-state index in [9.17, 15) is 4.79 Å². The van der Waals surface area contributed by atoms with E-state index in [2.05, 4.69) is 20.6 Å². The SMILES string of the molecule is COc1ccccc1C(NCc1ccncc1)C(=O)NCc1cccnc1. The Labute approximate surface area is 158 Å². The molecule has 0 fully saturated rings. The van der Waals surface area contributed by atoms with Gasteiger partial charge in [0.2, 0.25) is 5.91 Å². The molecule has 1 atom stereocenters. The predicted octanol–water partition coefficient (Wildman–Crippen LogP) is 2.63. The number of para-hydroxylation sites is 1. The number of hydrogen-bond donors (Lipinski definition) is 2. The lowest BCUT2D eigenvalue weighted by molar-refractivity contribution is -0.123. The third kappa shape index (κ3) is 5.12. The Bertz CT molecular complexity index is 856. The zero-order valence-corrected chi connectivity index (χ0v) is 15.1. The largest absolute Gasteiger partial charge is 0.496 e. The van der Waals surface area contributed by atoms with Gasteiger partial charge in [0, 0.05) is 43.4 Å². The lowest BCUT2D eigenvalue weighted by atomic mass is 10.0. The molecule has 2 N–H and O–H groups in total. The van der Waals surface area contributed by atoms with Crippen LogP contribution in [0.4, 0.5) is 0 Å². The van der Waals surface area contributed by atoms with Crippen LogP contribution in [0, 0.1) is 0 Å². The van der Waals surface area contributed by atoms with Gasteiger partial charge in [0.15, 0.2) is 0 Å². The van der Waals surface area contributed by atoms with Gasteiger partial charge in [-0.1, -0.05) is 24.3 Å². The number of aromatic nitrogens is 2. The first kappa shape index (κ1) is 18.5. The maximum Gasteiger partial charge on any atom is 0.242 e. The van der Waals surface area contributed by atoms with Crippen molar-refractivity contribution >= 4 is 5.91 Å². The van der Waals surface area contributed by atoms with Crippen molar-refractivity contribution in [1.29, 1.82) is 0 Å². The summed E-state index contributed by atoms with van der Waals surface area (Å²) in [6, 6.07) is 14.6. The van der Waals surface area contributed by atoms with Crippen molar-refractivity contribution in [2.45, 2.75) is 19.1 Å². The number of rotatable bonds is 8. The molecule has 6 heteroatoms. The predicted molar refractivity (Wildman–Crippen MR) is 103 cm³/mol. The van der Waals surface area contributed by atoms with Crippen molar-refractivity contribution in [3.8, 4) is 5.75 Å². The molecule has 2 aromatic heterocycles. The number of benzene rings is 1. The first-order valence-corrected chi connectivity index (χ1v) is 8.69. The summed E-state index contributed by atoms with van der Waals surface area (Å²) < 4.78 is 5.45. The fourth-order valence-corrected chi connectivity index (χ4v) is 2.76. The van der Waals surface area contributed by atoms with Crippen molar-refractivity contribution in [3.63, 3.8) is 0 Å². The number of nitrogens with zero attached hydrogens (tertiary/aromatic N) is 2. The van der Waals surface area contributed by atoms with Crippen molar-refractivity contribution in [3.05, 3.63) is 90.0 Å². The summed E-state index contributed by atoms with van der Waals surface area (Å²) in [6.45, 7) is 0.945. The molecule has 0 spiro atoms. The Kier molecular flexibility index (Phi) is 6.49. The summed E-state index contributed by atoms with van der Waals surface area (Å²) in [7, 11) is 1.60. The van der Waals surface area contributed by atoms with E-state index in [1.54, 1.807) is 31.9 Å². The molecular formula is C21H22N4O2. The Morgan fingerprint density at radius 3 is 2.52 bits per heavy atom. The van der Waals surface area contributed by atoms with Crippen LogP contribution < -0.4 is 15.4 Å². The summed E-state index contributed by atoms with van der Waals surface area (Å²) in [5.41, 5.74) is 2.78. The van der Waals surface area contributed by atoms with E-state index in [0.717, 1.165) is 16.7 Å². The molecule has 1 unspecified atom stereocenters. The standard InChI is InChI=1S/C21H22N4O2/c1-27-19-7-3-2-6-18(19)20(24-14-16-8-11-22-12-9-16)21(26)25-15-17-5-4-10-23-13-17/h2-13,20,24H,14-15H2,1H3,(H,25,26). The van der Waals surface area contributed by atoms with Crippen LogP contribution in [0.15, 0.2) is 73.3 Å². The zero-order chi connectivity index (χ0) is 18.9. The van der Waals surface area contributed by atoms with Gasteiger partial charge in [-0.15, -0.1) is 0 Å². The molecule has 1 aromatic carbocycles. The highest BCUT2D eigenvalue weighted by molar-refractivity contribution is 5.84. The lowest BCUT2D eigenvalue weighted by Gasteiger charge is -2.21. The van der Waals surface area contributed by atoms with Crippen molar-refractivity contribution in [1.82, 2.24) is 20.6 Å². The maximum atomic E-state index is 12.9. The fourth-order valence-electron chi connectivity index (χ4n) is 2.76. The van der Waals surface area contributed by atoms with Crippen LogP contribution in [-0.2, 0) is 17.9 Å². The summed E-state index contributed by atoms with van der Waals surface area (Å²) in [6.07, 6.45) is 6.91. The van der Waals surface area contributed by atoms with E-state index in [0.29, 0.717) is 18.8 Å². The Balaban J connectivity index is 1.76. The number of methoxy groups -OCH3 is 1. The van der Waals surface area contributed by atoms with Crippen LogP contribution >= 0.6 is 0 Å². The van der Waals surface area contributed by atoms with Crippen LogP contribution in [-0.4, -0.2) is 23.0 Å². The molecule has 6 nitrogen and oxygen atoms in total. The van der Waals surface area contributed by atoms with E-state index >= 15 is 0 Å². The number of ether oxygens (including phenoxy) is 1. The molecule has 2 heterocycles. The molecule has 0 saturated heterocycles. The van der Waals surface area contributed by atoms with Gasteiger partial charge in [-0.25, -0.2) is 0 Å². The van der Waals surface area contributed by atoms with Crippen LogP contribution in [0.2, 0.25) is 0 Å². The van der Waals surface area contributed by atoms with Gasteiger partial charge in [0.05, 0.1) is 7.11 Å². The summed E-state index contributed by atoms with van der Waals surface area (Å²) >= 11 is 0. The number of hydrogen-bond acceptors (Lipinski definition) is 5. The second-order valence-electron chi connectivity index (χ2n) is 5.99. The number of pyridine rings is 2. The van der Waals surface area contributed by atoms with E-state index in [-0.39, 0.29) is 5.91 Å². The number of amides is 1. The molecule has 27 heavy (non-hydrogen) atoms. The molecular weight excluding hydrogens is 340 g/mol. The molecule has 3 rings (SSSR count). The minimum Gasteiger partial charge on any atom is -0.496 e. The molecule has 1 amide bonds. The smallest absolute Gasteiger partial charge is 0.242 e. The fraction of sp³-hybridized carbons (Fsp3) is 0.190. The van der Waals surface area contributed by atoms with Crippen LogP contribution in [0.5, 0.6) is 5.75 Å². The minimum absolute atomic E-state index is 0.127. The molecule has 0 aliphatic rings. The van der Waals surface area contributed by atoms with Crippen LogP contribution in [0.3, 0.4) is 0 Å². The molecule has 0 bridgehead atoms. The normalized spacial score (nSPS) is 11.6. The highest BCUT2D eigenvalue weighted by Gasteiger charge is 2.23. The van der Waals surface area contributed by atoms with Crippen molar-refractivity contribution < 1.29 is 9.53 Å². The monoisotopic (exact) mass is 362 g/mol. The maximum absolute atomic E-state index is 12.9. The molecule has 0 radical (unpaired) electrons. The quantitative estimate of drug-likeness (QED) is 0.644. The second kappa shape index (κ2) is 9.45. The summed E-state index contributed by atoms with van der Waals surface area (Å²) in [5.74, 6) is 0.540. The van der Waals surface area contributed by atoms with Crippen molar-refractivity contribution in [2.75, 3.05) is 7.11 Å². The summed E-state index contributed by atoms with van der Waals surface area (Å²) in [4.78, 5) is 21.0. The number of carbonyl (C=O) groups is 1. The van der Waals surface area contributed by atoms with Crippen LogP contribution in [0.25, 0.3) is 0 Å². The highest BCUT2D eigenvalue weighted by atomic mass is 16.5. The minimum atomic E-state index is -0.550. The van der Waals surface area contributed by atoms with E-state index < -0.39 is 6.04 Å². The number of carbonyl (C=O) groups excluding carboxylic acids is 1. The Morgan fingerprint density at radius 2 is 1.78 bits per heavy atom. The van der Waals surface area contributed by atoms with E-state index in [4.69, 9.17) is 4.74 Å². The van der Waals surface area contributed by atoms with Crippen LogP contribution in [0.1, 0.15) is 22.7 Å². The van der Waals surface area contributed by atoms with Gasteiger partial charge >= 0.3 is 0 Å². The second-order valence-corrected chi connectivity index (χ2v) is 5.99. The third-order valence-corrected chi connectivity index (χ3v) is 4.16. The average Bonchev–Trinajstić information content (AvgIpc) is 2.74.